The van der Waals surface area contributed by atoms with Gasteiger partial charge in [0.15, 0.2) is 5.17 Å². The standard InChI is InChI=1S/C10H11Cl2N3S.HI/c1-2-16-10(13)15-14-6-7-3-4-8(11)5-9(7)12;/h3-6H,2H2,1H3,(H2,13,15);1H/p-1/b14-6+;. The van der Waals surface area contributed by atoms with E-state index < -0.39 is 0 Å². The molecule has 0 heterocycles. The van der Waals surface area contributed by atoms with Crippen LogP contribution >= 0.6 is 35.0 Å². The summed E-state index contributed by atoms with van der Waals surface area (Å²) in [6.45, 7) is 1.99. The molecule has 0 amide bonds. The third-order valence-corrected chi connectivity index (χ3v) is 2.84. The smallest absolute Gasteiger partial charge is 0.180 e. The molecule has 0 bridgehead atoms. The SMILES string of the molecule is CCS/C(N)=N/N=C/c1ccc(Cl)cc1Cl.[I-]. The van der Waals surface area contributed by atoms with Crippen molar-refractivity contribution < 1.29 is 24.0 Å². The van der Waals surface area contributed by atoms with E-state index in [9.17, 15) is 0 Å². The fourth-order valence-corrected chi connectivity index (χ4v) is 1.79. The van der Waals surface area contributed by atoms with E-state index in [0.29, 0.717) is 15.2 Å². The Morgan fingerprint density at radius 2 is 2.18 bits per heavy atom. The minimum atomic E-state index is 0. The third-order valence-electron chi connectivity index (χ3n) is 1.61. The van der Waals surface area contributed by atoms with Crippen LogP contribution < -0.4 is 29.7 Å². The summed E-state index contributed by atoms with van der Waals surface area (Å²) in [5, 5.41) is 9.21. The number of hydrogen-bond acceptors (Lipinski definition) is 3. The zero-order valence-electron chi connectivity index (χ0n) is 9.03. The van der Waals surface area contributed by atoms with Crippen LogP contribution in [0.1, 0.15) is 12.5 Å². The second-order valence-electron chi connectivity index (χ2n) is 2.78. The van der Waals surface area contributed by atoms with E-state index in [1.165, 1.54) is 11.8 Å². The molecule has 0 spiro atoms. The average molecular weight is 403 g/mol. The Morgan fingerprint density at radius 3 is 2.76 bits per heavy atom. The molecule has 7 heteroatoms. The first-order valence-electron chi connectivity index (χ1n) is 4.58. The van der Waals surface area contributed by atoms with E-state index in [2.05, 4.69) is 10.2 Å². The Balaban J connectivity index is 0.00000256. The van der Waals surface area contributed by atoms with Gasteiger partial charge in [0.1, 0.15) is 0 Å². The second-order valence-corrected chi connectivity index (χ2v) is 4.91. The Morgan fingerprint density at radius 1 is 1.47 bits per heavy atom. The normalized spacial score (nSPS) is 11.6. The fourth-order valence-electron chi connectivity index (χ4n) is 0.931. The molecule has 0 atom stereocenters. The van der Waals surface area contributed by atoms with Crippen LogP contribution in [0, 0.1) is 0 Å². The Bertz CT molecular complexity index is 424. The van der Waals surface area contributed by atoms with Crippen LogP contribution in [-0.4, -0.2) is 17.1 Å². The van der Waals surface area contributed by atoms with E-state index >= 15 is 0 Å². The number of thioether (sulfide) groups is 1. The molecule has 1 aromatic carbocycles. The third kappa shape index (κ3) is 6.49. The Kier molecular flexibility index (Phi) is 9.03. The summed E-state index contributed by atoms with van der Waals surface area (Å²) in [6.07, 6.45) is 1.54. The predicted octanol–water partition coefficient (Wildman–Crippen LogP) is 0.399. The van der Waals surface area contributed by atoms with E-state index in [-0.39, 0.29) is 24.0 Å². The molecule has 0 radical (unpaired) electrons. The molecule has 0 saturated carbocycles. The Hall–Kier alpha value is 0.0200. The van der Waals surface area contributed by atoms with Crippen molar-refractivity contribution in [1.82, 2.24) is 0 Å². The zero-order chi connectivity index (χ0) is 12.0. The number of benzene rings is 1. The van der Waals surface area contributed by atoms with Crippen molar-refractivity contribution >= 4 is 46.3 Å². The molecule has 2 N–H and O–H groups in total. The van der Waals surface area contributed by atoms with Gasteiger partial charge in [0.05, 0.1) is 11.2 Å². The molecule has 0 aliphatic rings. The van der Waals surface area contributed by atoms with Crippen LogP contribution in [0.5, 0.6) is 0 Å². The molecule has 0 aliphatic carbocycles. The van der Waals surface area contributed by atoms with Crippen molar-refractivity contribution in [2.75, 3.05) is 5.75 Å². The number of rotatable bonds is 3. The van der Waals surface area contributed by atoms with Gasteiger partial charge in [-0.05, 0) is 17.9 Å². The molecule has 1 aromatic rings. The van der Waals surface area contributed by atoms with Gasteiger partial charge in [-0.2, -0.15) is 5.10 Å². The van der Waals surface area contributed by atoms with Gasteiger partial charge in [-0.15, -0.1) is 5.10 Å². The molecule has 0 aliphatic heterocycles. The lowest BCUT2D eigenvalue weighted by Crippen LogP contribution is -3.00. The largest absolute Gasteiger partial charge is 1.00 e. The second kappa shape index (κ2) is 9.02. The van der Waals surface area contributed by atoms with E-state index in [4.69, 9.17) is 28.9 Å². The maximum absolute atomic E-state index is 5.95. The monoisotopic (exact) mass is 402 g/mol. The quantitative estimate of drug-likeness (QED) is 0.344. The molecule has 94 valence electrons. The van der Waals surface area contributed by atoms with Crippen LogP contribution in [0.4, 0.5) is 0 Å². The lowest BCUT2D eigenvalue weighted by atomic mass is 10.2. The van der Waals surface area contributed by atoms with Crippen LogP contribution in [0.2, 0.25) is 10.0 Å². The zero-order valence-corrected chi connectivity index (χ0v) is 13.5. The summed E-state index contributed by atoms with van der Waals surface area (Å²) in [5.41, 5.74) is 6.31. The number of nitrogens with zero attached hydrogens (tertiary/aromatic N) is 2. The average Bonchev–Trinajstić information content (AvgIpc) is 2.22. The molecule has 3 nitrogen and oxygen atoms in total. The van der Waals surface area contributed by atoms with Crippen molar-refractivity contribution in [2.45, 2.75) is 6.92 Å². The first-order chi connectivity index (χ1) is 7.63. The first kappa shape index (κ1) is 17.0. The van der Waals surface area contributed by atoms with E-state index in [0.717, 1.165) is 11.3 Å². The minimum absolute atomic E-state index is 0. The number of halogens is 3. The van der Waals surface area contributed by atoms with Crippen LogP contribution in [-0.2, 0) is 0 Å². The van der Waals surface area contributed by atoms with Crippen molar-refractivity contribution in [1.29, 1.82) is 0 Å². The maximum atomic E-state index is 5.95. The molecular weight excluding hydrogens is 392 g/mol. The molecule has 0 fully saturated rings. The topological polar surface area (TPSA) is 50.7 Å². The Labute approximate surface area is 132 Å². The van der Waals surface area contributed by atoms with Crippen LogP contribution in [0.25, 0.3) is 0 Å². The summed E-state index contributed by atoms with van der Waals surface area (Å²) in [7, 11) is 0. The predicted molar refractivity (Wildman–Crippen MR) is 73.8 cm³/mol. The van der Waals surface area contributed by atoms with Gasteiger partial charge in [-0.25, -0.2) is 0 Å². The van der Waals surface area contributed by atoms with Crippen molar-refractivity contribution in [3.8, 4) is 0 Å². The van der Waals surface area contributed by atoms with Crippen LogP contribution in [0.15, 0.2) is 28.4 Å². The van der Waals surface area contributed by atoms with Gasteiger partial charge >= 0.3 is 0 Å². The van der Waals surface area contributed by atoms with Gasteiger partial charge in [-0.1, -0.05) is 48.0 Å². The summed E-state index contributed by atoms with van der Waals surface area (Å²) >= 11 is 13.1. The van der Waals surface area contributed by atoms with Crippen molar-refractivity contribution in [3.63, 3.8) is 0 Å². The van der Waals surface area contributed by atoms with Crippen LogP contribution in [0.3, 0.4) is 0 Å². The molecule has 0 saturated heterocycles. The summed E-state index contributed by atoms with van der Waals surface area (Å²) in [5.74, 6) is 0.868. The first-order valence-corrected chi connectivity index (χ1v) is 6.32. The molecular formula is C10H11Cl2IN3S-. The van der Waals surface area contributed by atoms with Gasteiger partial charge in [0.2, 0.25) is 0 Å². The number of amidine groups is 1. The van der Waals surface area contributed by atoms with Crippen molar-refractivity contribution in [2.24, 2.45) is 15.9 Å². The highest BCUT2D eigenvalue weighted by molar-refractivity contribution is 8.13. The van der Waals surface area contributed by atoms with Gasteiger partial charge in [-0.3, -0.25) is 0 Å². The lowest BCUT2D eigenvalue weighted by molar-refractivity contribution is -0.00000316. The van der Waals surface area contributed by atoms with Crippen molar-refractivity contribution in [3.05, 3.63) is 33.8 Å². The highest BCUT2D eigenvalue weighted by Crippen LogP contribution is 2.19. The van der Waals surface area contributed by atoms with Gasteiger partial charge < -0.3 is 29.7 Å². The molecule has 1 rings (SSSR count). The number of hydrogen-bond donors (Lipinski definition) is 1. The summed E-state index contributed by atoms with van der Waals surface area (Å²) < 4.78 is 0. The highest BCUT2D eigenvalue weighted by atomic mass is 127. The summed E-state index contributed by atoms with van der Waals surface area (Å²) in [4.78, 5) is 0. The fraction of sp³-hybridized carbons (Fsp3) is 0.200. The number of nitrogens with two attached hydrogens (primary N) is 1. The van der Waals surface area contributed by atoms with E-state index in [1.807, 2.05) is 6.92 Å². The minimum Gasteiger partial charge on any atom is -1.00 e. The molecule has 0 unspecified atom stereocenters. The van der Waals surface area contributed by atoms with Gasteiger partial charge in [0, 0.05) is 10.6 Å². The van der Waals surface area contributed by atoms with E-state index in [1.54, 1.807) is 24.4 Å². The lowest BCUT2D eigenvalue weighted by Gasteiger charge is -1.97. The highest BCUT2D eigenvalue weighted by Gasteiger charge is 1.97. The summed E-state index contributed by atoms with van der Waals surface area (Å²) in [6, 6.07) is 5.16. The van der Waals surface area contributed by atoms with Gasteiger partial charge in [0.25, 0.3) is 0 Å². The molecule has 17 heavy (non-hydrogen) atoms. The molecule has 0 aromatic heterocycles. The maximum Gasteiger partial charge on any atom is 0.180 e.